The number of esters is 1. The summed E-state index contributed by atoms with van der Waals surface area (Å²) in [5.74, 6) is -0.440. The van der Waals surface area contributed by atoms with Gasteiger partial charge in [0.15, 0.2) is 5.56 Å². The van der Waals surface area contributed by atoms with Gasteiger partial charge < -0.3 is 9.84 Å². The van der Waals surface area contributed by atoms with Crippen molar-refractivity contribution in [1.82, 2.24) is 0 Å². The molecule has 48 valence electrons. The van der Waals surface area contributed by atoms with E-state index in [0.717, 1.165) is 0 Å². The van der Waals surface area contributed by atoms with E-state index in [4.69, 9.17) is 16.7 Å². The molecule has 0 spiro atoms. The van der Waals surface area contributed by atoms with Gasteiger partial charge in [-0.2, -0.15) is 0 Å². The Bertz CT molecular complexity index is 81.4. The molecule has 0 aromatic heterocycles. The van der Waals surface area contributed by atoms with Crippen molar-refractivity contribution < 1.29 is 14.6 Å². The Balaban J connectivity index is 3.05. The largest absolute Gasteiger partial charge is 0.462 e. The molecule has 0 fully saturated rings. The summed E-state index contributed by atoms with van der Waals surface area (Å²) in [6.45, 7) is 1.11. The predicted octanol–water partition coefficient (Wildman–Crippen LogP) is 0.107. The van der Waals surface area contributed by atoms with Crippen LogP contribution in [0.4, 0.5) is 0 Å². The Hall–Kier alpha value is -0.280. The van der Waals surface area contributed by atoms with Crippen molar-refractivity contribution in [2.45, 2.75) is 12.5 Å². The van der Waals surface area contributed by atoms with E-state index in [-0.39, 0.29) is 6.61 Å². The van der Waals surface area contributed by atoms with Crippen molar-refractivity contribution >= 4 is 17.6 Å². The number of rotatable bonds is 2. The standard InChI is InChI=1S/C4H7ClO3/c1-3(6)8-2-4(5)7/h4,7H,2H2,1H3. The minimum Gasteiger partial charge on any atom is -0.462 e. The van der Waals surface area contributed by atoms with Crippen molar-refractivity contribution in [1.29, 1.82) is 0 Å². The molecule has 0 radical (unpaired) electrons. The van der Waals surface area contributed by atoms with E-state index in [0.29, 0.717) is 0 Å². The first kappa shape index (κ1) is 7.72. The summed E-state index contributed by atoms with van der Waals surface area (Å²) in [6, 6.07) is 0. The first-order chi connectivity index (χ1) is 3.63. The maximum Gasteiger partial charge on any atom is 0.302 e. The highest BCUT2D eigenvalue weighted by molar-refractivity contribution is 6.19. The van der Waals surface area contributed by atoms with E-state index in [2.05, 4.69) is 4.74 Å². The highest BCUT2D eigenvalue weighted by Gasteiger charge is 1.98. The molecule has 0 saturated heterocycles. The molecule has 0 amide bonds. The summed E-state index contributed by atoms with van der Waals surface area (Å²) in [6.07, 6.45) is 0. The lowest BCUT2D eigenvalue weighted by molar-refractivity contribution is -0.142. The Morgan fingerprint density at radius 2 is 2.50 bits per heavy atom. The van der Waals surface area contributed by atoms with Crippen molar-refractivity contribution in [3.05, 3.63) is 0 Å². The SMILES string of the molecule is CC(=O)OCC(O)Cl. The van der Waals surface area contributed by atoms with Gasteiger partial charge in [0, 0.05) is 6.92 Å². The van der Waals surface area contributed by atoms with Crippen LogP contribution in [0.2, 0.25) is 0 Å². The molecule has 0 heterocycles. The molecule has 0 saturated carbocycles. The average molecular weight is 139 g/mol. The number of aliphatic hydroxyl groups is 1. The van der Waals surface area contributed by atoms with Gasteiger partial charge in [-0.05, 0) is 0 Å². The van der Waals surface area contributed by atoms with Gasteiger partial charge >= 0.3 is 5.97 Å². The summed E-state index contributed by atoms with van der Waals surface area (Å²) < 4.78 is 4.28. The fourth-order valence-corrected chi connectivity index (χ4v) is 0.249. The molecular weight excluding hydrogens is 131 g/mol. The van der Waals surface area contributed by atoms with Gasteiger partial charge in [-0.3, -0.25) is 4.79 Å². The Morgan fingerprint density at radius 1 is 2.00 bits per heavy atom. The molecule has 0 aliphatic heterocycles. The molecule has 8 heavy (non-hydrogen) atoms. The van der Waals surface area contributed by atoms with Crippen molar-refractivity contribution in [2.75, 3.05) is 6.61 Å². The summed E-state index contributed by atoms with van der Waals surface area (Å²) >= 11 is 5.00. The fraction of sp³-hybridized carbons (Fsp3) is 0.750. The van der Waals surface area contributed by atoms with E-state index in [1.807, 2.05) is 0 Å². The number of hydrogen-bond donors (Lipinski definition) is 1. The summed E-state index contributed by atoms with van der Waals surface area (Å²) in [4.78, 5) is 9.96. The van der Waals surface area contributed by atoms with E-state index in [9.17, 15) is 4.79 Å². The number of carbonyl (C=O) groups is 1. The first-order valence-electron chi connectivity index (χ1n) is 2.08. The maximum absolute atomic E-state index is 9.96. The fourth-order valence-electron chi connectivity index (χ4n) is 0.186. The summed E-state index contributed by atoms with van der Waals surface area (Å²) in [5, 5.41) is 8.29. The van der Waals surface area contributed by atoms with Gasteiger partial charge in [0.2, 0.25) is 0 Å². The van der Waals surface area contributed by atoms with Gasteiger partial charge in [0.1, 0.15) is 6.61 Å². The maximum atomic E-state index is 9.96. The summed E-state index contributed by atoms with van der Waals surface area (Å²) in [7, 11) is 0. The lowest BCUT2D eigenvalue weighted by Gasteiger charge is -1.99. The zero-order valence-electron chi connectivity index (χ0n) is 4.43. The Labute approximate surface area is 52.2 Å². The number of halogens is 1. The van der Waals surface area contributed by atoms with Crippen LogP contribution in [0, 0.1) is 0 Å². The van der Waals surface area contributed by atoms with Gasteiger partial charge in [-0.25, -0.2) is 0 Å². The topological polar surface area (TPSA) is 46.5 Å². The predicted molar refractivity (Wildman–Crippen MR) is 28.5 cm³/mol. The zero-order chi connectivity index (χ0) is 6.57. The van der Waals surface area contributed by atoms with Gasteiger partial charge in [-0.1, -0.05) is 11.6 Å². The number of hydrogen-bond acceptors (Lipinski definition) is 3. The second kappa shape index (κ2) is 3.69. The summed E-state index contributed by atoms with van der Waals surface area (Å²) in [5.41, 5.74) is -1.08. The van der Waals surface area contributed by atoms with Crippen LogP contribution < -0.4 is 0 Å². The van der Waals surface area contributed by atoms with E-state index in [1.165, 1.54) is 6.92 Å². The zero-order valence-corrected chi connectivity index (χ0v) is 5.18. The van der Waals surface area contributed by atoms with E-state index >= 15 is 0 Å². The van der Waals surface area contributed by atoms with Crippen molar-refractivity contribution in [2.24, 2.45) is 0 Å². The molecule has 0 rings (SSSR count). The van der Waals surface area contributed by atoms with Gasteiger partial charge in [0.25, 0.3) is 0 Å². The number of carbonyl (C=O) groups excluding carboxylic acids is 1. The highest BCUT2D eigenvalue weighted by atomic mass is 35.5. The molecule has 0 aliphatic rings. The molecule has 1 unspecified atom stereocenters. The molecule has 3 nitrogen and oxygen atoms in total. The molecule has 1 atom stereocenters. The average Bonchev–Trinajstić information content (AvgIpc) is 1.61. The van der Waals surface area contributed by atoms with Crippen LogP contribution in [-0.4, -0.2) is 23.2 Å². The Kier molecular flexibility index (Phi) is 3.56. The normalized spacial score (nSPS) is 12.9. The third-order valence-corrected chi connectivity index (χ3v) is 0.550. The van der Waals surface area contributed by atoms with Crippen LogP contribution in [0.3, 0.4) is 0 Å². The molecular formula is C4H7ClO3. The smallest absolute Gasteiger partial charge is 0.302 e. The molecule has 4 heteroatoms. The van der Waals surface area contributed by atoms with Crippen molar-refractivity contribution in [3.63, 3.8) is 0 Å². The second-order valence-electron chi connectivity index (χ2n) is 1.24. The lowest BCUT2D eigenvalue weighted by Crippen LogP contribution is -2.10. The molecule has 0 aromatic carbocycles. The third kappa shape index (κ3) is 5.72. The van der Waals surface area contributed by atoms with E-state index < -0.39 is 11.5 Å². The first-order valence-corrected chi connectivity index (χ1v) is 2.52. The van der Waals surface area contributed by atoms with Crippen molar-refractivity contribution in [3.8, 4) is 0 Å². The quantitative estimate of drug-likeness (QED) is 0.435. The van der Waals surface area contributed by atoms with E-state index in [1.54, 1.807) is 0 Å². The van der Waals surface area contributed by atoms with Crippen LogP contribution in [0.1, 0.15) is 6.92 Å². The van der Waals surface area contributed by atoms with Crippen LogP contribution >= 0.6 is 11.6 Å². The minimum atomic E-state index is -1.08. The molecule has 0 bridgehead atoms. The Morgan fingerprint density at radius 3 is 2.62 bits per heavy atom. The van der Waals surface area contributed by atoms with Gasteiger partial charge in [-0.15, -0.1) is 0 Å². The van der Waals surface area contributed by atoms with Gasteiger partial charge in [0.05, 0.1) is 0 Å². The number of aliphatic hydroxyl groups excluding tert-OH is 1. The highest BCUT2D eigenvalue weighted by Crippen LogP contribution is 1.89. The number of alkyl halides is 1. The van der Waals surface area contributed by atoms with Crippen LogP contribution in [-0.2, 0) is 9.53 Å². The third-order valence-electron chi connectivity index (χ3n) is 0.424. The molecule has 0 aromatic rings. The minimum absolute atomic E-state index is 0.142. The van der Waals surface area contributed by atoms with Crippen LogP contribution in [0.15, 0.2) is 0 Å². The number of ether oxygens (including phenoxy) is 1. The molecule has 0 aliphatic carbocycles. The molecule has 1 N–H and O–H groups in total. The monoisotopic (exact) mass is 138 g/mol. The second-order valence-corrected chi connectivity index (χ2v) is 1.74. The van der Waals surface area contributed by atoms with Crippen LogP contribution in [0.25, 0.3) is 0 Å². The lowest BCUT2D eigenvalue weighted by atomic mass is 10.7. The van der Waals surface area contributed by atoms with Crippen LogP contribution in [0.5, 0.6) is 0 Å².